The van der Waals surface area contributed by atoms with Crippen LogP contribution < -0.4 is 10.1 Å². The number of nitrogens with one attached hydrogen (secondary N) is 1. The fourth-order valence-corrected chi connectivity index (χ4v) is 4.76. The number of ketones is 1. The third-order valence-corrected chi connectivity index (χ3v) is 6.30. The van der Waals surface area contributed by atoms with Crippen LogP contribution in [0.25, 0.3) is 11.1 Å². The average molecular weight is 416 g/mol. The molecule has 3 aromatic rings. The van der Waals surface area contributed by atoms with Crippen molar-refractivity contribution in [1.82, 2.24) is 0 Å². The molecule has 28 heavy (non-hydrogen) atoms. The first-order valence-electron chi connectivity index (χ1n) is 8.45. The summed E-state index contributed by atoms with van der Waals surface area (Å²) >= 11 is 7.49. The zero-order valence-corrected chi connectivity index (χ0v) is 16.6. The van der Waals surface area contributed by atoms with Gasteiger partial charge < -0.3 is 10.1 Å². The number of carbonyl (C=O) groups is 2. The number of fused-ring (bicyclic) bond motifs is 1. The van der Waals surface area contributed by atoms with E-state index in [-0.39, 0.29) is 5.78 Å². The molecule has 4 nitrogen and oxygen atoms in total. The number of amides is 1. The van der Waals surface area contributed by atoms with Crippen molar-refractivity contribution in [3.63, 3.8) is 0 Å². The molecule has 7 heteroatoms. The van der Waals surface area contributed by atoms with Crippen molar-refractivity contribution < 1.29 is 18.7 Å². The van der Waals surface area contributed by atoms with Gasteiger partial charge in [-0.2, -0.15) is 0 Å². The van der Waals surface area contributed by atoms with Gasteiger partial charge in [-0.3, -0.25) is 9.59 Å². The molecule has 1 N–H and O–H groups in total. The van der Waals surface area contributed by atoms with Crippen molar-refractivity contribution in [3.8, 4) is 16.9 Å². The molecule has 0 aliphatic carbocycles. The zero-order valence-electron chi connectivity index (χ0n) is 15.0. The number of carbonyl (C=O) groups excluding carboxylic acids is 2. The van der Waals surface area contributed by atoms with E-state index in [2.05, 4.69) is 5.32 Å². The smallest absolute Gasteiger partial charge is 0.243 e. The molecule has 1 aliphatic heterocycles. The summed E-state index contributed by atoms with van der Waals surface area (Å²) in [7, 11) is 1.52. The van der Waals surface area contributed by atoms with Crippen molar-refractivity contribution >= 4 is 39.6 Å². The lowest BCUT2D eigenvalue weighted by Gasteiger charge is -2.32. The summed E-state index contributed by atoms with van der Waals surface area (Å²) in [6, 6.07) is 12.7. The molecule has 1 amide bonds. The van der Waals surface area contributed by atoms with E-state index in [1.807, 2.05) is 0 Å². The van der Waals surface area contributed by atoms with Crippen LogP contribution in [0.3, 0.4) is 0 Å². The number of thiophene rings is 1. The fraction of sp³-hybridized carbons (Fsp3) is 0.143. The van der Waals surface area contributed by atoms with Gasteiger partial charge in [0.2, 0.25) is 5.91 Å². The predicted octanol–water partition coefficient (Wildman–Crippen LogP) is 5.31. The van der Waals surface area contributed by atoms with Crippen LogP contribution in [0.4, 0.5) is 9.39 Å². The Labute approximate surface area is 169 Å². The van der Waals surface area contributed by atoms with E-state index in [1.54, 1.807) is 43.3 Å². The Morgan fingerprint density at radius 2 is 1.86 bits per heavy atom. The average Bonchev–Trinajstić information content (AvgIpc) is 3.01. The van der Waals surface area contributed by atoms with Gasteiger partial charge in [0.15, 0.2) is 5.78 Å². The maximum atomic E-state index is 13.8. The first-order chi connectivity index (χ1) is 13.4. The van der Waals surface area contributed by atoms with Crippen LogP contribution in [0.15, 0.2) is 48.5 Å². The molecule has 2 heterocycles. The van der Waals surface area contributed by atoms with Gasteiger partial charge in [0.25, 0.3) is 0 Å². The lowest BCUT2D eigenvalue weighted by molar-refractivity contribution is -0.119. The second-order valence-electron chi connectivity index (χ2n) is 6.61. The van der Waals surface area contributed by atoms with Crippen molar-refractivity contribution in [2.75, 3.05) is 12.4 Å². The van der Waals surface area contributed by atoms with Crippen LogP contribution >= 0.6 is 22.9 Å². The lowest BCUT2D eigenvalue weighted by Crippen LogP contribution is -2.48. The van der Waals surface area contributed by atoms with E-state index in [0.717, 1.165) is 11.3 Å². The Morgan fingerprint density at radius 3 is 2.57 bits per heavy atom. The van der Waals surface area contributed by atoms with Crippen LogP contribution in [0.2, 0.25) is 4.34 Å². The molecule has 0 bridgehead atoms. The maximum absolute atomic E-state index is 13.8. The number of ether oxygens (including phenoxy) is 1. The molecule has 4 rings (SSSR count). The number of Topliss-reactive ketones (excluding diaryl/α,β-unsaturated/α-hetero) is 1. The number of rotatable bonds is 3. The number of halogens is 2. The molecule has 0 saturated heterocycles. The molecular formula is C21H15ClFNO3S. The number of hydrogen-bond donors (Lipinski definition) is 1. The van der Waals surface area contributed by atoms with Gasteiger partial charge in [-0.25, -0.2) is 4.39 Å². The third kappa shape index (κ3) is 2.72. The minimum absolute atomic E-state index is 0.297. The van der Waals surface area contributed by atoms with Crippen molar-refractivity contribution in [1.29, 1.82) is 0 Å². The van der Waals surface area contributed by atoms with Gasteiger partial charge in [0.05, 0.1) is 12.7 Å². The van der Waals surface area contributed by atoms with Crippen LogP contribution in [0, 0.1) is 5.82 Å². The molecule has 2 aromatic carbocycles. The maximum Gasteiger partial charge on any atom is 0.243 e. The highest BCUT2D eigenvalue weighted by Gasteiger charge is 2.49. The highest BCUT2D eigenvalue weighted by atomic mass is 35.5. The summed E-state index contributed by atoms with van der Waals surface area (Å²) in [5.41, 5.74) is 0.256. The van der Waals surface area contributed by atoms with E-state index in [9.17, 15) is 14.0 Å². The van der Waals surface area contributed by atoms with Gasteiger partial charge in [-0.1, -0.05) is 35.9 Å². The largest absolute Gasteiger partial charge is 0.497 e. The summed E-state index contributed by atoms with van der Waals surface area (Å²) in [6.07, 6.45) is 0. The summed E-state index contributed by atoms with van der Waals surface area (Å²) in [5, 5.41) is 3.18. The molecule has 1 unspecified atom stereocenters. The Kier molecular flexibility index (Phi) is 4.48. The summed E-state index contributed by atoms with van der Waals surface area (Å²) in [6.45, 7) is 1.57. The van der Waals surface area contributed by atoms with Crippen LogP contribution in [0.5, 0.6) is 5.75 Å². The quantitative estimate of drug-likeness (QED) is 0.590. The van der Waals surface area contributed by atoms with Crippen molar-refractivity contribution in [2.45, 2.75) is 12.3 Å². The molecule has 142 valence electrons. The lowest BCUT2D eigenvalue weighted by atomic mass is 9.73. The summed E-state index contributed by atoms with van der Waals surface area (Å²) in [5.74, 6) is -0.723. The van der Waals surface area contributed by atoms with Crippen LogP contribution in [-0.4, -0.2) is 18.8 Å². The van der Waals surface area contributed by atoms with Crippen LogP contribution in [-0.2, 0) is 10.2 Å². The zero-order chi connectivity index (χ0) is 20.1. The van der Waals surface area contributed by atoms with E-state index in [0.29, 0.717) is 37.3 Å². The number of hydrogen-bond acceptors (Lipinski definition) is 4. The first kappa shape index (κ1) is 18.7. The summed E-state index contributed by atoms with van der Waals surface area (Å²) in [4.78, 5) is 26.5. The highest BCUT2D eigenvalue weighted by Crippen LogP contribution is 2.49. The van der Waals surface area contributed by atoms with Crippen LogP contribution in [0.1, 0.15) is 22.8 Å². The van der Waals surface area contributed by atoms with Gasteiger partial charge in [0.1, 0.15) is 26.3 Å². The third-order valence-electron chi connectivity index (χ3n) is 4.99. The highest BCUT2D eigenvalue weighted by molar-refractivity contribution is 7.21. The molecule has 0 saturated carbocycles. The molecule has 1 aliphatic rings. The standard InChI is InChI=1S/C21H15ClFNO3S/c1-21(12-6-4-8-14(10-12)27-2)17(25)16-15(11-5-3-7-13(23)9-11)18(22)28-19(16)24-20(21)26/h3-10H,1-2H3,(H,24,26). The molecule has 1 aromatic heterocycles. The first-order valence-corrected chi connectivity index (χ1v) is 9.64. The number of benzene rings is 2. The van der Waals surface area contributed by atoms with Crippen molar-refractivity contribution in [2.24, 2.45) is 0 Å². The Morgan fingerprint density at radius 1 is 1.11 bits per heavy atom. The Hall–Kier alpha value is -2.70. The monoisotopic (exact) mass is 415 g/mol. The van der Waals surface area contributed by atoms with Gasteiger partial charge in [-0.05, 0) is 42.3 Å². The minimum atomic E-state index is -1.46. The van der Waals surface area contributed by atoms with Crippen molar-refractivity contribution in [3.05, 3.63) is 69.8 Å². The Bertz CT molecular complexity index is 1130. The fourth-order valence-electron chi connectivity index (χ4n) is 3.39. The number of anilines is 1. The molecule has 1 atom stereocenters. The molecule has 0 spiro atoms. The van der Waals surface area contributed by atoms with E-state index < -0.39 is 17.1 Å². The van der Waals surface area contributed by atoms with Gasteiger partial charge in [-0.15, -0.1) is 11.3 Å². The van der Waals surface area contributed by atoms with Gasteiger partial charge in [0, 0.05) is 5.56 Å². The van der Waals surface area contributed by atoms with E-state index in [1.165, 1.54) is 19.2 Å². The van der Waals surface area contributed by atoms with E-state index in [4.69, 9.17) is 16.3 Å². The molecule has 0 radical (unpaired) electrons. The summed E-state index contributed by atoms with van der Waals surface area (Å²) < 4.78 is 19.3. The second kappa shape index (κ2) is 6.72. The normalized spacial score (nSPS) is 18.6. The Balaban J connectivity index is 1.92. The minimum Gasteiger partial charge on any atom is -0.497 e. The second-order valence-corrected chi connectivity index (χ2v) is 8.23. The van der Waals surface area contributed by atoms with E-state index >= 15 is 0 Å². The predicted molar refractivity (Wildman–Crippen MR) is 108 cm³/mol. The molecular weight excluding hydrogens is 401 g/mol. The van der Waals surface area contributed by atoms with Gasteiger partial charge >= 0.3 is 0 Å². The molecule has 0 fully saturated rings. The topological polar surface area (TPSA) is 55.4 Å². The number of methoxy groups -OCH3 is 1. The SMILES string of the molecule is COc1cccc(C2(C)C(=O)Nc3sc(Cl)c(-c4cccc(F)c4)c3C2=O)c1.